The van der Waals surface area contributed by atoms with Gasteiger partial charge in [0.2, 0.25) is 5.91 Å². The Morgan fingerprint density at radius 3 is 3.12 bits per heavy atom. The van der Waals surface area contributed by atoms with Gasteiger partial charge in [-0.3, -0.25) is 4.79 Å². The molecule has 17 heavy (non-hydrogen) atoms. The molecule has 1 aromatic rings. The van der Waals surface area contributed by atoms with Crippen LogP contribution in [0, 0.1) is 0 Å². The largest absolute Gasteiger partial charge is 0.472 e. The van der Waals surface area contributed by atoms with Gasteiger partial charge < -0.3 is 19.4 Å². The number of furan rings is 1. The maximum Gasteiger partial charge on any atom is 0.239 e. The lowest BCUT2D eigenvalue weighted by molar-refractivity contribution is -0.132. The summed E-state index contributed by atoms with van der Waals surface area (Å²) in [6.07, 6.45) is 4.16. The second-order valence-electron chi connectivity index (χ2n) is 4.38. The Bertz CT molecular complexity index is 364. The van der Waals surface area contributed by atoms with Gasteiger partial charge in [0.1, 0.15) is 0 Å². The lowest BCUT2D eigenvalue weighted by Gasteiger charge is -2.20. The summed E-state index contributed by atoms with van der Waals surface area (Å²) in [4.78, 5) is 13.8. The highest BCUT2D eigenvalue weighted by Gasteiger charge is 2.31. The van der Waals surface area contributed by atoms with Gasteiger partial charge in [-0.25, -0.2) is 0 Å². The number of nitrogens with zero attached hydrogens (tertiary/aromatic N) is 1. The molecule has 1 saturated heterocycles. The fourth-order valence-electron chi connectivity index (χ4n) is 2.07. The molecule has 5 nitrogen and oxygen atoms in total. The number of methoxy groups -OCH3 is 1. The molecular weight excluding hydrogens is 220 g/mol. The molecule has 2 unspecified atom stereocenters. The van der Waals surface area contributed by atoms with E-state index in [9.17, 15) is 4.79 Å². The lowest BCUT2D eigenvalue weighted by Crippen LogP contribution is -2.41. The first kappa shape index (κ1) is 12.1. The van der Waals surface area contributed by atoms with Crippen LogP contribution in [0.15, 0.2) is 23.0 Å². The number of rotatable bonds is 4. The Balaban J connectivity index is 1.87. The fourth-order valence-corrected chi connectivity index (χ4v) is 2.07. The van der Waals surface area contributed by atoms with Crippen LogP contribution < -0.4 is 5.32 Å². The van der Waals surface area contributed by atoms with Crippen molar-refractivity contribution < 1.29 is 13.9 Å². The molecule has 1 amide bonds. The van der Waals surface area contributed by atoms with Crippen LogP contribution in [0.25, 0.3) is 0 Å². The standard InChI is InChI=1S/C12H18N2O3/c1-14(7-9-3-4-17-8-9)12(15)11-5-10(16-2)6-13-11/h3-4,8,10-11,13H,5-7H2,1-2H3. The summed E-state index contributed by atoms with van der Waals surface area (Å²) < 4.78 is 10.2. The molecule has 0 spiro atoms. The summed E-state index contributed by atoms with van der Waals surface area (Å²) >= 11 is 0. The third-order valence-electron chi connectivity index (χ3n) is 3.10. The van der Waals surface area contributed by atoms with Crippen LogP contribution in [-0.4, -0.2) is 43.7 Å². The van der Waals surface area contributed by atoms with E-state index in [2.05, 4.69) is 5.32 Å². The monoisotopic (exact) mass is 238 g/mol. The summed E-state index contributed by atoms with van der Waals surface area (Å²) in [5.74, 6) is 0.103. The summed E-state index contributed by atoms with van der Waals surface area (Å²) in [6.45, 7) is 1.32. The molecule has 94 valence electrons. The number of nitrogens with one attached hydrogen (secondary N) is 1. The number of hydrogen-bond acceptors (Lipinski definition) is 4. The average Bonchev–Trinajstić information content (AvgIpc) is 2.98. The van der Waals surface area contributed by atoms with E-state index in [1.807, 2.05) is 6.07 Å². The molecule has 5 heteroatoms. The first-order chi connectivity index (χ1) is 8.20. The molecule has 2 heterocycles. The van der Waals surface area contributed by atoms with Crippen molar-refractivity contribution in [3.05, 3.63) is 24.2 Å². The van der Waals surface area contributed by atoms with E-state index in [0.29, 0.717) is 6.54 Å². The normalized spacial score (nSPS) is 23.9. The quantitative estimate of drug-likeness (QED) is 0.835. The highest BCUT2D eigenvalue weighted by atomic mass is 16.5. The van der Waals surface area contributed by atoms with Gasteiger partial charge in [0, 0.05) is 32.8 Å². The zero-order valence-corrected chi connectivity index (χ0v) is 10.2. The van der Waals surface area contributed by atoms with Crippen LogP contribution in [0.5, 0.6) is 0 Å². The summed E-state index contributed by atoms with van der Waals surface area (Å²) in [5, 5.41) is 3.18. The van der Waals surface area contributed by atoms with E-state index >= 15 is 0 Å². The topological polar surface area (TPSA) is 54.7 Å². The van der Waals surface area contributed by atoms with Crippen molar-refractivity contribution in [1.82, 2.24) is 10.2 Å². The minimum Gasteiger partial charge on any atom is -0.472 e. The first-order valence-electron chi connectivity index (χ1n) is 5.73. The Kier molecular flexibility index (Phi) is 3.81. The highest BCUT2D eigenvalue weighted by molar-refractivity contribution is 5.82. The van der Waals surface area contributed by atoms with E-state index in [0.717, 1.165) is 18.5 Å². The Hall–Kier alpha value is -1.33. The van der Waals surface area contributed by atoms with Gasteiger partial charge in [0.25, 0.3) is 0 Å². The number of carbonyl (C=O) groups excluding carboxylic acids is 1. The third kappa shape index (κ3) is 2.87. The van der Waals surface area contributed by atoms with Crippen molar-refractivity contribution in [3.63, 3.8) is 0 Å². The molecule has 2 rings (SSSR count). The lowest BCUT2D eigenvalue weighted by atomic mass is 10.1. The first-order valence-corrected chi connectivity index (χ1v) is 5.73. The van der Waals surface area contributed by atoms with Gasteiger partial charge in [0.15, 0.2) is 0 Å². The third-order valence-corrected chi connectivity index (χ3v) is 3.10. The minimum atomic E-state index is -0.128. The second kappa shape index (κ2) is 5.33. The molecule has 0 radical (unpaired) electrons. The fraction of sp³-hybridized carbons (Fsp3) is 0.583. The van der Waals surface area contributed by atoms with Crippen LogP contribution in [0.2, 0.25) is 0 Å². The molecule has 0 aliphatic carbocycles. The molecule has 0 bridgehead atoms. The smallest absolute Gasteiger partial charge is 0.239 e. The molecule has 1 fully saturated rings. The van der Waals surface area contributed by atoms with E-state index < -0.39 is 0 Å². The van der Waals surface area contributed by atoms with E-state index in [1.54, 1.807) is 31.6 Å². The Labute approximate surface area is 101 Å². The summed E-state index contributed by atoms with van der Waals surface area (Å²) in [6, 6.07) is 1.74. The van der Waals surface area contributed by atoms with Gasteiger partial charge in [-0.15, -0.1) is 0 Å². The van der Waals surface area contributed by atoms with Gasteiger partial charge >= 0.3 is 0 Å². The van der Waals surface area contributed by atoms with Crippen molar-refractivity contribution in [1.29, 1.82) is 0 Å². The van der Waals surface area contributed by atoms with Crippen LogP contribution in [0.1, 0.15) is 12.0 Å². The molecule has 1 aliphatic rings. The predicted molar refractivity (Wildman–Crippen MR) is 62.4 cm³/mol. The molecule has 2 atom stereocenters. The zero-order valence-electron chi connectivity index (χ0n) is 10.2. The van der Waals surface area contributed by atoms with Crippen LogP contribution in [0.4, 0.5) is 0 Å². The summed E-state index contributed by atoms with van der Waals surface area (Å²) in [5.41, 5.74) is 1.00. The number of likely N-dealkylation sites (N-methyl/N-ethyl adjacent to an activating group) is 1. The highest BCUT2D eigenvalue weighted by Crippen LogP contribution is 2.13. The Morgan fingerprint density at radius 2 is 2.53 bits per heavy atom. The average molecular weight is 238 g/mol. The predicted octanol–water partition coefficient (Wildman–Crippen LogP) is 0.615. The molecule has 0 aromatic carbocycles. The minimum absolute atomic E-state index is 0.103. The van der Waals surface area contributed by atoms with Gasteiger partial charge in [0.05, 0.1) is 24.7 Å². The molecular formula is C12H18N2O3. The maximum absolute atomic E-state index is 12.1. The van der Waals surface area contributed by atoms with E-state index in [4.69, 9.17) is 9.15 Å². The molecule has 1 aromatic heterocycles. The van der Waals surface area contributed by atoms with Gasteiger partial charge in [-0.05, 0) is 12.5 Å². The summed E-state index contributed by atoms with van der Waals surface area (Å²) in [7, 11) is 3.48. The molecule has 1 N–H and O–H groups in total. The van der Waals surface area contributed by atoms with Crippen molar-refractivity contribution in [2.24, 2.45) is 0 Å². The number of ether oxygens (including phenoxy) is 1. The Morgan fingerprint density at radius 1 is 1.71 bits per heavy atom. The van der Waals surface area contributed by atoms with Crippen molar-refractivity contribution in [3.8, 4) is 0 Å². The van der Waals surface area contributed by atoms with Crippen molar-refractivity contribution >= 4 is 5.91 Å². The van der Waals surface area contributed by atoms with Crippen LogP contribution >= 0.6 is 0 Å². The zero-order chi connectivity index (χ0) is 12.3. The molecule has 1 aliphatic heterocycles. The van der Waals surface area contributed by atoms with Crippen LogP contribution in [0.3, 0.4) is 0 Å². The SMILES string of the molecule is COC1CNC(C(=O)N(C)Cc2ccoc2)C1. The molecule has 0 saturated carbocycles. The van der Waals surface area contributed by atoms with E-state index in [-0.39, 0.29) is 18.1 Å². The van der Waals surface area contributed by atoms with Crippen molar-refractivity contribution in [2.45, 2.75) is 25.1 Å². The van der Waals surface area contributed by atoms with Crippen molar-refractivity contribution in [2.75, 3.05) is 20.7 Å². The number of amides is 1. The second-order valence-corrected chi connectivity index (χ2v) is 4.38. The maximum atomic E-state index is 12.1. The van der Waals surface area contributed by atoms with Gasteiger partial charge in [-0.2, -0.15) is 0 Å². The number of carbonyl (C=O) groups is 1. The van der Waals surface area contributed by atoms with Gasteiger partial charge in [-0.1, -0.05) is 0 Å². The van der Waals surface area contributed by atoms with E-state index in [1.165, 1.54) is 0 Å². The number of hydrogen-bond donors (Lipinski definition) is 1. The van der Waals surface area contributed by atoms with Crippen LogP contribution in [-0.2, 0) is 16.1 Å².